The summed E-state index contributed by atoms with van der Waals surface area (Å²) in [6.45, 7) is 2.00. The Balaban J connectivity index is 2.11. The summed E-state index contributed by atoms with van der Waals surface area (Å²) in [5.41, 5.74) is 1.37. The van der Waals surface area contributed by atoms with Crippen LogP contribution in [0.5, 0.6) is 0 Å². The van der Waals surface area contributed by atoms with Gasteiger partial charge in [-0.1, -0.05) is 17.8 Å². The lowest BCUT2D eigenvalue weighted by molar-refractivity contribution is -0.138. The number of halogens is 3. The van der Waals surface area contributed by atoms with Crippen LogP contribution in [0.2, 0.25) is 0 Å². The van der Waals surface area contributed by atoms with Gasteiger partial charge < -0.3 is 10.0 Å². The lowest BCUT2D eigenvalue weighted by Crippen LogP contribution is -2.24. The predicted octanol–water partition coefficient (Wildman–Crippen LogP) is 5.09. The van der Waals surface area contributed by atoms with Gasteiger partial charge in [-0.2, -0.15) is 13.2 Å². The number of anilines is 2. The Hall–Kier alpha value is -2.15. The SMILES string of the molecule is Cc1ccc2c(c1)N(CCC(=O)O)c1cc(C(F)(F)F)ccc1S2. The van der Waals surface area contributed by atoms with Crippen LogP contribution < -0.4 is 4.90 Å². The summed E-state index contributed by atoms with van der Waals surface area (Å²) in [5.74, 6) is -0.990. The van der Waals surface area contributed by atoms with E-state index in [1.807, 2.05) is 25.1 Å². The van der Waals surface area contributed by atoms with Crippen LogP contribution in [0.25, 0.3) is 0 Å². The minimum Gasteiger partial charge on any atom is -0.481 e. The van der Waals surface area contributed by atoms with E-state index in [1.54, 1.807) is 4.90 Å². The fraction of sp³-hybridized carbons (Fsp3) is 0.235. The van der Waals surface area contributed by atoms with Crippen molar-refractivity contribution in [2.24, 2.45) is 0 Å². The van der Waals surface area contributed by atoms with Crippen LogP contribution >= 0.6 is 11.8 Å². The van der Waals surface area contributed by atoms with Gasteiger partial charge in [0.05, 0.1) is 23.4 Å². The molecule has 24 heavy (non-hydrogen) atoms. The zero-order valence-corrected chi connectivity index (χ0v) is 13.5. The number of alkyl halides is 3. The maximum absolute atomic E-state index is 13.0. The second kappa shape index (κ2) is 6.05. The summed E-state index contributed by atoms with van der Waals surface area (Å²) >= 11 is 1.39. The van der Waals surface area contributed by atoms with E-state index < -0.39 is 17.7 Å². The van der Waals surface area contributed by atoms with Crippen molar-refractivity contribution in [3.8, 4) is 0 Å². The predicted molar refractivity (Wildman–Crippen MR) is 86.0 cm³/mol. The zero-order valence-electron chi connectivity index (χ0n) is 12.7. The molecular formula is C17H14F3NO2S. The third kappa shape index (κ3) is 3.21. The standard InChI is InChI=1S/C17H14F3NO2S/c1-10-2-4-14-12(8-10)21(7-6-16(22)23)13-9-11(17(18,19)20)3-5-15(13)24-14/h2-5,8-9H,6-7H2,1H3,(H,22,23). The van der Waals surface area contributed by atoms with Gasteiger partial charge in [-0.3, -0.25) is 4.79 Å². The second-order valence-electron chi connectivity index (χ2n) is 5.55. The van der Waals surface area contributed by atoms with Crippen molar-refractivity contribution >= 4 is 29.1 Å². The molecule has 1 aliphatic heterocycles. The molecule has 0 unspecified atom stereocenters. The van der Waals surface area contributed by atoms with Crippen molar-refractivity contribution in [2.45, 2.75) is 29.3 Å². The third-order valence-electron chi connectivity index (χ3n) is 3.75. The van der Waals surface area contributed by atoms with Crippen LogP contribution in [0, 0.1) is 6.92 Å². The first-order chi connectivity index (χ1) is 11.3. The molecule has 0 amide bonds. The summed E-state index contributed by atoms with van der Waals surface area (Å²) in [5, 5.41) is 8.97. The van der Waals surface area contributed by atoms with Crippen LogP contribution in [0.4, 0.5) is 24.5 Å². The van der Waals surface area contributed by atoms with E-state index in [4.69, 9.17) is 5.11 Å². The van der Waals surface area contributed by atoms with Crippen molar-refractivity contribution in [3.63, 3.8) is 0 Å². The largest absolute Gasteiger partial charge is 0.481 e. The molecular weight excluding hydrogens is 339 g/mol. The van der Waals surface area contributed by atoms with Crippen LogP contribution in [0.3, 0.4) is 0 Å². The summed E-state index contributed by atoms with van der Waals surface area (Å²) in [6, 6.07) is 9.29. The van der Waals surface area contributed by atoms with E-state index in [-0.39, 0.29) is 13.0 Å². The first kappa shape index (κ1) is 16.7. The highest BCUT2D eigenvalue weighted by atomic mass is 32.2. The van der Waals surface area contributed by atoms with Crippen LogP contribution in [-0.4, -0.2) is 17.6 Å². The molecule has 126 valence electrons. The molecule has 3 rings (SSSR count). The first-order valence-corrected chi connectivity index (χ1v) is 8.06. The fourth-order valence-corrected chi connectivity index (χ4v) is 3.67. The molecule has 3 nitrogen and oxygen atoms in total. The van der Waals surface area contributed by atoms with Gasteiger partial charge in [0.2, 0.25) is 0 Å². The molecule has 0 aliphatic carbocycles. The van der Waals surface area contributed by atoms with Gasteiger partial charge >= 0.3 is 12.1 Å². The molecule has 0 saturated carbocycles. The molecule has 1 N–H and O–H groups in total. The highest BCUT2D eigenvalue weighted by Gasteiger charge is 2.33. The lowest BCUT2D eigenvalue weighted by atomic mass is 10.1. The Morgan fingerprint density at radius 3 is 2.38 bits per heavy atom. The van der Waals surface area contributed by atoms with Gasteiger partial charge in [0.1, 0.15) is 0 Å². The van der Waals surface area contributed by atoms with Gasteiger partial charge in [0, 0.05) is 16.3 Å². The molecule has 7 heteroatoms. The number of rotatable bonds is 3. The summed E-state index contributed by atoms with van der Waals surface area (Å²) in [7, 11) is 0. The lowest BCUT2D eigenvalue weighted by Gasteiger charge is -2.33. The molecule has 0 atom stereocenters. The van der Waals surface area contributed by atoms with Crippen LogP contribution in [0.1, 0.15) is 17.5 Å². The molecule has 1 heterocycles. The first-order valence-electron chi connectivity index (χ1n) is 7.25. The van der Waals surface area contributed by atoms with Crippen molar-refractivity contribution in [3.05, 3.63) is 47.5 Å². The maximum atomic E-state index is 13.0. The topological polar surface area (TPSA) is 40.5 Å². The molecule has 0 spiro atoms. The Bertz CT molecular complexity index is 805. The number of hydrogen-bond acceptors (Lipinski definition) is 3. The van der Waals surface area contributed by atoms with Crippen molar-refractivity contribution in [1.29, 1.82) is 0 Å². The highest BCUT2D eigenvalue weighted by Crippen LogP contribution is 2.49. The third-order valence-corrected chi connectivity index (χ3v) is 4.88. The smallest absolute Gasteiger partial charge is 0.416 e. The monoisotopic (exact) mass is 353 g/mol. The number of nitrogens with zero attached hydrogens (tertiary/aromatic N) is 1. The summed E-state index contributed by atoms with van der Waals surface area (Å²) < 4.78 is 39.1. The zero-order chi connectivity index (χ0) is 17.5. The fourth-order valence-electron chi connectivity index (χ4n) is 2.61. The molecule has 1 aliphatic rings. The van der Waals surface area contributed by atoms with Gasteiger partial charge in [-0.05, 0) is 42.8 Å². The number of aliphatic carboxylic acids is 1. The summed E-state index contributed by atoms with van der Waals surface area (Å²) in [6.07, 6.45) is -4.60. The number of carboxylic acids is 1. The Morgan fingerprint density at radius 1 is 1.12 bits per heavy atom. The van der Waals surface area contributed by atoms with E-state index in [0.717, 1.165) is 28.3 Å². The van der Waals surface area contributed by atoms with E-state index in [1.165, 1.54) is 17.8 Å². The number of fused-ring (bicyclic) bond motifs is 2. The number of aryl methyl sites for hydroxylation is 1. The molecule has 0 radical (unpaired) electrons. The van der Waals surface area contributed by atoms with Crippen molar-refractivity contribution < 1.29 is 23.1 Å². The number of carbonyl (C=O) groups is 1. The Labute approximate surface area is 141 Å². The summed E-state index contributed by atoms with van der Waals surface area (Å²) in [4.78, 5) is 14.2. The van der Waals surface area contributed by atoms with Gasteiger partial charge in [-0.15, -0.1) is 0 Å². The van der Waals surface area contributed by atoms with Gasteiger partial charge in [0.15, 0.2) is 0 Å². The van der Waals surface area contributed by atoms with E-state index in [9.17, 15) is 18.0 Å². The number of hydrogen-bond donors (Lipinski definition) is 1. The van der Waals surface area contributed by atoms with Gasteiger partial charge in [0.25, 0.3) is 0 Å². The molecule has 0 saturated heterocycles. The number of carboxylic acid groups (broad SMARTS) is 1. The molecule has 0 fully saturated rings. The van der Waals surface area contributed by atoms with Crippen molar-refractivity contribution in [1.82, 2.24) is 0 Å². The minimum absolute atomic E-state index is 0.112. The molecule has 2 aromatic rings. The minimum atomic E-state index is -4.44. The maximum Gasteiger partial charge on any atom is 0.416 e. The Morgan fingerprint density at radius 2 is 1.75 bits per heavy atom. The van der Waals surface area contributed by atoms with Gasteiger partial charge in [-0.25, -0.2) is 0 Å². The number of benzene rings is 2. The molecule has 0 bridgehead atoms. The molecule has 2 aromatic carbocycles. The van der Waals surface area contributed by atoms with Crippen molar-refractivity contribution in [2.75, 3.05) is 11.4 Å². The molecule has 0 aromatic heterocycles. The average molecular weight is 353 g/mol. The second-order valence-corrected chi connectivity index (χ2v) is 6.63. The Kier molecular flexibility index (Phi) is 4.21. The van der Waals surface area contributed by atoms with Crippen LogP contribution in [-0.2, 0) is 11.0 Å². The van der Waals surface area contributed by atoms with E-state index in [2.05, 4.69) is 0 Å². The van der Waals surface area contributed by atoms with E-state index >= 15 is 0 Å². The highest BCUT2D eigenvalue weighted by molar-refractivity contribution is 7.99. The van der Waals surface area contributed by atoms with E-state index in [0.29, 0.717) is 10.6 Å². The quantitative estimate of drug-likeness (QED) is 0.834. The van der Waals surface area contributed by atoms with Crippen LogP contribution in [0.15, 0.2) is 46.2 Å². The average Bonchev–Trinajstić information content (AvgIpc) is 2.50. The normalized spacial score (nSPS) is 13.4.